The monoisotopic (exact) mass is 448 g/mol. The molecule has 0 saturated heterocycles. The van der Waals surface area contributed by atoms with Crippen LogP contribution >= 0.6 is 22.7 Å². The molecule has 1 amide bonds. The topological polar surface area (TPSA) is 134 Å². The Morgan fingerprint density at radius 3 is 2.70 bits per heavy atom. The molecule has 158 valence electrons. The van der Waals surface area contributed by atoms with Gasteiger partial charge >= 0.3 is 11.9 Å². The van der Waals surface area contributed by atoms with Gasteiger partial charge in [-0.3, -0.25) is 4.79 Å². The maximum atomic E-state index is 12.2. The SMILES string of the molecule is CCOC(=O)c1sc2nc(COC(=O)C(C)NC(=O)c3cccs3)nc(N)c2c1C. The summed E-state index contributed by atoms with van der Waals surface area (Å²) in [7, 11) is 0. The highest BCUT2D eigenvalue weighted by Gasteiger charge is 2.22. The van der Waals surface area contributed by atoms with Crippen LogP contribution in [0, 0.1) is 6.92 Å². The number of thiophene rings is 2. The molecule has 3 rings (SSSR count). The normalized spacial score (nSPS) is 11.8. The summed E-state index contributed by atoms with van der Waals surface area (Å²) in [5, 5.41) is 4.93. The molecule has 0 aliphatic carbocycles. The number of rotatable bonds is 7. The maximum absolute atomic E-state index is 12.2. The third kappa shape index (κ3) is 4.57. The second-order valence-corrected chi connectivity index (χ2v) is 8.21. The van der Waals surface area contributed by atoms with Crippen LogP contribution < -0.4 is 11.1 Å². The first-order valence-electron chi connectivity index (χ1n) is 9.05. The predicted octanol–water partition coefficient (Wildman–Crippen LogP) is 2.68. The van der Waals surface area contributed by atoms with Crippen molar-refractivity contribution in [3.05, 3.63) is 38.7 Å². The third-order valence-corrected chi connectivity index (χ3v) is 6.15. The van der Waals surface area contributed by atoms with Crippen LogP contribution in [0.5, 0.6) is 0 Å². The minimum atomic E-state index is -0.847. The van der Waals surface area contributed by atoms with Gasteiger partial charge in [-0.05, 0) is 37.8 Å². The van der Waals surface area contributed by atoms with Crippen LogP contribution in [0.3, 0.4) is 0 Å². The fraction of sp³-hybridized carbons (Fsp3) is 0.316. The molecule has 1 atom stereocenters. The number of carbonyl (C=O) groups excluding carboxylic acids is 3. The first kappa shape index (κ1) is 21.7. The second kappa shape index (κ2) is 9.18. The van der Waals surface area contributed by atoms with E-state index in [1.165, 1.54) is 18.3 Å². The van der Waals surface area contributed by atoms with Gasteiger partial charge in [-0.25, -0.2) is 19.6 Å². The number of esters is 2. The number of hydrogen-bond donors (Lipinski definition) is 2. The van der Waals surface area contributed by atoms with Crippen LogP contribution in [0.2, 0.25) is 0 Å². The van der Waals surface area contributed by atoms with Crippen LogP contribution in [-0.4, -0.2) is 40.5 Å². The van der Waals surface area contributed by atoms with E-state index in [1.807, 2.05) is 0 Å². The maximum Gasteiger partial charge on any atom is 0.348 e. The Labute approximate surface area is 180 Å². The average Bonchev–Trinajstić information content (AvgIpc) is 3.34. The van der Waals surface area contributed by atoms with Gasteiger partial charge in [0.05, 0.1) is 16.9 Å². The molecular weight excluding hydrogens is 428 g/mol. The molecular formula is C19H20N4O5S2. The zero-order valence-electron chi connectivity index (χ0n) is 16.6. The van der Waals surface area contributed by atoms with Crippen LogP contribution in [0.15, 0.2) is 17.5 Å². The number of nitrogens with one attached hydrogen (secondary N) is 1. The number of anilines is 1. The first-order chi connectivity index (χ1) is 14.3. The Bertz CT molecular complexity index is 1090. The summed E-state index contributed by atoms with van der Waals surface area (Å²) in [6.07, 6.45) is 0. The van der Waals surface area contributed by atoms with E-state index in [0.29, 0.717) is 25.5 Å². The lowest BCUT2D eigenvalue weighted by molar-refractivity contribution is -0.147. The summed E-state index contributed by atoms with van der Waals surface area (Å²) in [6, 6.07) is 2.57. The predicted molar refractivity (Wildman–Crippen MR) is 114 cm³/mol. The lowest BCUT2D eigenvalue weighted by atomic mass is 10.2. The zero-order valence-corrected chi connectivity index (χ0v) is 18.2. The number of ether oxygens (including phenoxy) is 2. The number of fused-ring (bicyclic) bond motifs is 1. The van der Waals surface area contributed by atoms with Crippen molar-refractivity contribution in [2.24, 2.45) is 0 Å². The Hall–Kier alpha value is -3.05. The molecule has 11 heteroatoms. The van der Waals surface area contributed by atoms with Crippen LogP contribution in [0.1, 0.15) is 44.6 Å². The molecule has 0 fully saturated rings. The molecule has 0 radical (unpaired) electrons. The molecule has 0 aliphatic rings. The molecule has 3 N–H and O–H groups in total. The van der Waals surface area contributed by atoms with Gasteiger partial charge in [0.15, 0.2) is 12.4 Å². The second-order valence-electron chi connectivity index (χ2n) is 6.26. The van der Waals surface area contributed by atoms with E-state index >= 15 is 0 Å². The summed E-state index contributed by atoms with van der Waals surface area (Å²) in [5.41, 5.74) is 6.69. The third-order valence-electron chi connectivity index (χ3n) is 4.11. The largest absolute Gasteiger partial charge is 0.462 e. The highest BCUT2D eigenvalue weighted by Crippen LogP contribution is 2.33. The van der Waals surface area contributed by atoms with Crippen molar-refractivity contribution in [3.8, 4) is 0 Å². The van der Waals surface area contributed by atoms with Gasteiger partial charge < -0.3 is 20.5 Å². The van der Waals surface area contributed by atoms with E-state index in [1.54, 1.807) is 31.4 Å². The van der Waals surface area contributed by atoms with E-state index in [0.717, 1.165) is 11.3 Å². The summed E-state index contributed by atoms with van der Waals surface area (Å²) in [6.45, 7) is 5.05. The van der Waals surface area contributed by atoms with Crippen molar-refractivity contribution in [1.82, 2.24) is 15.3 Å². The number of aryl methyl sites for hydroxylation is 1. The zero-order chi connectivity index (χ0) is 21.8. The van der Waals surface area contributed by atoms with Crippen molar-refractivity contribution in [2.75, 3.05) is 12.3 Å². The molecule has 3 heterocycles. The number of nitrogens with zero attached hydrogens (tertiary/aromatic N) is 2. The number of aromatic nitrogens is 2. The number of hydrogen-bond acceptors (Lipinski definition) is 10. The van der Waals surface area contributed by atoms with Gasteiger partial charge in [0.25, 0.3) is 5.91 Å². The highest BCUT2D eigenvalue weighted by atomic mass is 32.1. The van der Waals surface area contributed by atoms with Gasteiger partial charge in [0.1, 0.15) is 21.6 Å². The summed E-state index contributed by atoms with van der Waals surface area (Å²) in [5.74, 6) is -1.04. The van der Waals surface area contributed by atoms with E-state index in [2.05, 4.69) is 15.3 Å². The van der Waals surface area contributed by atoms with Gasteiger partial charge in [0.2, 0.25) is 0 Å². The molecule has 0 aliphatic heterocycles. The van der Waals surface area contributed by atoms with Crippen LogP contribution in [-0.2, 0) is 20.9 Å². The van der Waals surface area contributed by atoms with E-state index < -0.39 is 18.0 Å². The number of nitrogen functional groups attached to an aromatic ring is 1. The quantitative estimate of drug-likeness (QED) is 0.527. The number of carbonyl (C=O) groups is 3. The lowest BCUT2D eigenvalue weighted by Gasteiger charge is -2.12. The smallest absolute Gasteiger partial charge is 0.348 e. The molecule has 9 nitrogen and oxygen atoms in total. The summed E-state index contributed by atoms with van der Waals surface area (Å²) < 4.78 is 10.3. The summed E-state index contributed by atoms with van der Waals surface area (Å²) in [4.78, 5) is 46.3. The standard InChI is InChI=1S/C19H20N4O5S2/c1-4-27-19(26)14-9(2)13-15(20)22-12(23-17(13)30-14)8-28-18(25)10(3)21-16(24)11-6-5-7-29-11/h5-7,10H,4,8H2,1-3H3,(H,21,24)(H2,20,22,23). The van der Waals surface area contributed by atoms with Crippen molar-refractivity contribution in [3.63, 3.8) is 0 Å². The van der Waals surface area contributed by atoms with Crippen LogP contribution in [0.4, 0.5) is 5.82 Å². The molecule has 0 spiro atoms. The van der Waals surface area contributed by atoms with Gasteiger partial charge in [-0.15, -0.1) is 22.7 Å². The Kier molecular flexibility index (Phi) is 6.63. The number of amides is 1. The molecule has 0 aromatic carbocycles. The van der Waals surface area contributed by atoms with Crippen LogP contribution in [0.25, 0.3) is 10.2 Å². The van der Waals surface area contributed by atoms with E-state index in [-0.39, 0.29) is 30.8 Å². The van der Waals surface area contributed by atoms with Gasteiger partial charge in [0, 0.05) is 0 Å². The molecule has 3 aromatic heterocycles. The molecule has 30 heavy (non-hydrogen) atoms. The van der Waals surface area contributed by atoms with Gasteiger partial charge in [-0.2, -0.15) is 0 Å². The molecule has 1 unspecified atom stereocenters. The first-order valence-corrected chi connectivity index (χ1v) is 10.7. The van der Waals surface area contributed by atoms with E-state index in [9.17, 15) is 14.4 Å². The molecule has 3 aromatic rings. The fourth-order valence-electron chi connectivity index (χ4n) is 2.67. The molecule has 0 bridgehead atoms. The fourth-order valence-corrected chi connectivity index (χ4v) is 4.40. The van der Waals surface area contributed by atoms with Crippen molar-refractivity contribution < 1.29 is 23.9 Å². The Balaban J connectivity index is 1.69. The Morgan fingerprint density at radius 2 is 2.03 bits per heavy atom. The van der Waals surface area contributed by atoms with E-state index in [4.69, 9.17) is 15.2 Å². The van der Waals surface area contributed by atoms with Crippen molar-refractivity contribution in [1.29, 1.82) is 0 Å². The average molecular weight is 449 g/mol. The van der Waals surface area contributed by atoms with Crippen molar-refractivity contribution >= 4 is 56.6 Å². The number of nitrogens with two attached hydrogens (primary N) is 1. The summed E-state index contributed by atoms with van der Waals surface area (Å²) >= 11 is 2.42. The molecule has 0 saturated carbocycles. The van der Waals surface area contributed by atoms with Gasteiger partial charge in [-0.1, -0.05) is 6.07 Å². The minimum absolute atomic E-state index is 0.189. The lowest BCUT2D eigenvalue weighted by Crippen LogP contribution is -2.39. The van der Waals surface area contributed by atoms with Crippen molar-refractivity contribution in [2.45, 2.75) is 33.4 Å². The Morgan fingerprint density at radius 1 is 1.27 bits per heavy atom. The minimum Gasteiger partial charge on any atom is -0.462 e. The highest BCUT2D eigenvalue weighted by molar-refractivity contribution is 7.20.